The maximum atomic E-state index is 4.79. The van der Waals surface area contributed by atoms with Crippen LogP contribution in [0.5, 0.6) is 0 Å². The summed E-state index contributed by atoms with van der Waals surface area (Å²) in [7, 11) is 0. The van der Waals surface area contributed by atoms with E-state index in [4.69, 9.17) is 4.99 Å². The summed E-state index contributed by atoms with van der Waals surface area (Å²) in [4.78, 5) is 7.10. The molecule has 0 aliphatic carbocycles. The van der Waals surface area contributed by atoms with Crippen molar-refractivity contribution < 1.29 is 0 Å². The minimum atomic E-state index is -0.150. The van der Waals surface area contributed by atoms with Gasteiger partial charge in [-0.15, -0.1) is 6.58 Å². The molecule has 1 aromatic rings. The molecule has 0 bridgehead atoms. The molecule has 0 amide bonds. The van der Waals surface area contributed by atoms with Crippen molar-refractivity contribution in [3.8, 4) is 0 Å². The molecule has 1 aromatic carbocycles. The summed E-state index contributed by atoms with van der Waals surface area (Å²) in [6.07, 6.45) is 2.01. The lowest BCUT2D eigenvalue weighted by Crippen LogP contribution is -2.41. The first-order valence-corrected chi connectivity index (χ1v) is 6.24. The molecule has 0 fully saturated rings. The number of hydrogen-bond acceptors (Lipinski definition) is 2. The predicted octanol–water partition coefficient (Wildman–Crippen LogP) is 3.52. The summed E-state index contributed by atoms with van der Waals surface area (Å²) in [5.74, 6) is 1.12. The van der Waals surface area contributed by atoms with Crippen LogP contribution in [0.2, 0.25) is 0 Å². The summed E-state index contributed by atoms with van der Waals surface area (Å²) < 4.78 is 0. The van der Waals surface area contributed by atoms with E-state index < -0.39 is 0 Å². The van der Waals surface area contributed by atoms with E-state index in [0.29, 0.717) is 0 Å². The zero-order valence-corrected chi connectivity index (χ0v) is 10.9. The smallest absolute Gasteiger partial charge is 0.119 e. The van der Waals surface area contributed by atoms with Crippen molar-refractivity contribution in [1.29, 1.82) is 0 Å². The Hall–Kier alpha value is -1.57. The monoisotopic (exact) mass is 228 g/mol. The second-order valence-corrected chi connectivity index (χ2v) is 4.53. The Morgan fingerprint density at radius 2 is 1.94 bits per heavy atom. The number of nitrogens with zero attached hydrogens (tertiary/aromatic N) is 2. The average molecular weight is 228 g/mol. The lowest BCUT2D eigenvalue weighted by atomic mass is 9.82. The fourth-order valence-electron chi connectivity index (χ4n) is 2.48. The van der Waals surface area contributed by atoms with Crippen molar-refractivity contribution in [2.24, 2.45) is 4.99 Å². The standard InChI is InChI=1S/C15H20N2/c1-5-15(4)12-10-8-9-11-13(12)16-14(15)17(6-2)7-3/h5,8-11H,1,6-7H2,2-4H3. The molecule has 2 nitrogen and oxygen atoms in total. The lowest BCUT2D eigenvalue weighted by molar-refractivity contribution is 0.440. The summed E-state index contributed by atoms with van der Waals surface area (Å²) in [6.45, 7) is 12.5. The molecule has 1 aliphatic rings. The molecule has 90 valence electrons. The lowest BCUT2D eigenvalue weighted by Gasteiger charge is -2.31. The third-order valence-electron chi connectivity index (χ3n) is 3.63. The quantitative estimate of drug-likeness (QED) is 0.723. The molecular formula is C15H20N2. The van der Waals surface area contributed by atoms with E-state index in [1.54, 1.807) is 0 Å². The Morgan fingerprint density at radius 1 is 1.29 bits per heavy atom. The molecule has 0 spiro atoms. The van der Waals surface area contributed by atoms with Crippen LogP contribution in [0.4, 0.5) is 5.69 Å². The maximum Gasteiger partial charge on any atom is 0.119 e. The molecule has 1 aliphatic heterocycles. The van der Waals surface area contributed by atoms with Gasteiger partial charge in [0, 0.05) is 13.1 Å². The van der Waals surface area contributed by atoms with Gasteiger partial charge in [-0.2, -0.15) is 0 Å². The van der Waals surface area contributed by atoms with E-state index in [-0.39, 0.29) is 5.41 Å². The van der Waals surface area contributed by atoms with Gasteiger partial charge in [0.2, 0.25) is 0 Å². The van der Waals surface area contributed by atoms with Gasteiger partial charge in [-0.25, -0.2) is 4.99 Å². The first-order chi connectivity index (χ1) is 8.17. The number of likely N-dealkylation sites (N-methyl/N-ethyl adjacent to an activating group) is 1. The van der Waals surface area contributed by atoms with Crippen molar-refractivity contribution >= 4 is 11.5 Å². The molecule has 0 N–H and O–H groups in total. The SMILES string of the molecule is C=CC1(C)C(N(CC)CC)=Nc2ccccc21. The number of benzene rings is 1. The van der Waals surface area contributed by atoms with Crippen molar-refractivity contribution in [2.75, 3.05) is 13.1 Å². The number of rotatable bonds is 3. The van der Waals surface area contributed by atoms with E-state index >= 15 is 0 Å². The number of aliphatic imine (C=N–C) groups is 1. The molecule has 1 unspecified atom stereocenters. The first-order valence-electron chi connectivity index (χ1n) is 6.24. The number of amidine groups is 1. The van der Waals surface area contributed by atoms with E-state index in [1.165, 1.54) is 5.56 Å². The van der Waals surface area contributed by atoms with E-state index in [2.05, 4.69) is 50.4 Å². The Labute approximate surface area is 104 Å². The highest BCUT2D eigenvalue weighted by molar-refractivity contribution is 6.01. The second-order valence-electron chi connectivity index (χ2n) is 4.53. The van der Waals surface area contributed by atoms with Gasteiger partial charge in [-0.1, -0.05) is 24.3 Å². The molecule has 1 heterocycles. The maximum absolute atomic E-state index is 4.79. The third-order valence-corrected chi connectivity index (χ3v) is 3.63. The third kappa shape index (κ3) is 1.68. The minimum absolute atomic E-state index is 0.150. The predicted molar refractivity (Wildman–Crippen MR) is 74.0 cm³/mol. The molecule has 0 saturated carbocycles. The molecule has 0 aromatic heterocycles. The van der Waals surface area contributed by atoms with Crippen LogP contribution in [0.3, 0.4) is 0 Å². The number of fused-ring (bicyclic) bond motifs is 1. The van der Waals surface area contributed by atoms with Gasteiger partial charge in [0.25, 0.3) is 0 Å². The van der Waals surface area contributed by atoms with Gasteiger partial charge in [-0.3, -0.25) is 0 Å². The van der Waals surface area contributed by atoms with Crippen molar-refractivity contribution in [3.63, 3.8) is 0 Å². The van der Waals surface area contributed by atoms with Crippen LogP contribution in [0.1, 0.15) is 26.3 Å². The van der Waals surface area contributed by atoms with Gasteiger partial charge in [0.15, 0.2) is 0 Å². The molecular weight excluding hydrogens is 208 g/mol. The molecule has 1 atom stereocenters. The fourth-order valence-corrected chi connectivity index (χ4v) is 2.48. The van der Waals surface area contributed by atoms with Crippen molar-refractivity contribution in [1.82, 2.24) is 4.90 Å². The summed E-state index contributed by atoms with van der Waals surface area (Å²) in [6, 6.07) is 8.34. The topological polar surface area (TPSA) is 15.6 Å². The molecule has 0 saturated heterocycles. The van der Waals surface area contributed by atoms with Crippen LogP contribution in [0, 0.1) is 0 Å². The van der Waals surface area contributed by atoms with Gasteiger partial charge in [0.1, 0.15) is 5.84 Å². The normalized spacial score (nSPS) is 21.9. The highest BCUT2D eigenvalue weighted by Gasteiger charge is 2.38. The van der Waals surface area contributed by atoms with Crippen LogP contribution in [-0.2, 0) is 5.41 Å². The Bertz CT molecular complexity index is 458. The summed E-state index contributed by atoms with van der Waals surface area (Å²) >= 11 is 0. The average Bonchev–Trinajstić information content (AvgIpc) is 2.66. The highest BCUT2D eigenvalue weighted by Crippen LogP contribution is 2.41. The zero-order valence-electron chi connectivity index (χ0n) is 10.9. The van der Waals surface area contributed by atoms with Crippen molar-refractivity contribution in [2.45, 2.75) is 26.2 Å². The number of hydrogen-bond donors (Lipinski definition) is 0. The molecule has 17 heavy (non-hydrogen) atoms. The minimum Gasteiger partial charge on any atom is -0.360 e. The zero-order chi connectivity index (χ0) is 12.5. The molecule has 2 rings (SSSR count). The van der Waals surface area contributed by atoms with Crippen molar-refractivity contribution in [3.05, 3.63) is 42.5 Å². The van der Waals surface area contributed by atoms with E-state index in [9.17, 15) is 0 Å². The van der Waals surface area contributed by atoms with E-state index in [0.717, 1.165) is 24.6 Å². The van der Waals surface area contributed by atoms with Crippen LogP contribution >= 0.6 is 0 Å². The van der Waals surface area contributed by atoms with E-state index in [1.807, 2.05) is 12.1 Å². The summed E-state index contributed by atoms with van der Waals surface area (Å²) in [5, 5.41) is 0. The number of para-hydroxylation sites is 1. The molecule has 0 radical (unpaired) electrons. The van der Waals surface area contributed by atoms with Crippen LogP contribution < -0.4 is 0 Å². The van der Waals surface area contributed by atoms with Crippen LogP contribution in [0.25, 0.3) is 0 Å². The Morgan fingerprint density at radius 3 is 2.53 bits per heavy atom. The van der Waals surface area contributed by atoms with Crippen LogP contribution in [0.15, 0.2) is 41.9 Å². The van der Waals surface area contributed by atoms with Gasteiger partial charge < -0.3 is 4.90 Å². The van der Waals surface area contributed by atoms with Gasteiger partial charge in [-0.05, 0) is 32.4 Å². The Balaban J connectivity index is 2.53. The fraction of sp³-hybridized carbons (Fsp3) is 0.400. The van der Waals surface area contributed by atoms with Gasteiger partial charge >= 0.3 is 0 Å². The highest BCUT2D eigenvalue weighted by atomic mass is 15.2. The Kier molecular flexibility index (Phi) is 3.05. The second kappa shape index (κ2) is 4.36. The first kappa shape index (κ1) is 11.9. The molecule has 2 heteroatoms. The van der Waals surface area contributed by atoms with Crippen LogP contribution in [-0.4, -0.2) is 23.8 Å². The largest absolute Gasteiger partial charge is 0.360 e. The summed E-state index contributed by atoms with van der Waals surface area (Å²) in [5.41, 5.74) is 2.19. The van der Waals surface area contributed by atoms with Gasteiger partial charge in [0.05, 0.1) is 11.1 Å².